The Bertz CT molecular complexity index is 202. The van der Waals surface area contributed by atoms with Gasteiger partial charge in [0.15, 0.2) is 0 Å². The summed E-state index contributed by atoms with van der Waals surface area (Å²) in [5.41, 5.74) is 5.97. The molecule has 2 rings (SSSR count). The maximum absolute atomic E-state index is 5.97. The first-order valence-electron chi connectivity index (χ1n) is 7.23. The van der Waals surface area contributed by atoms with Gasteiger partial charge in [-0.15, -0.1) is 12.4 Å². The Hall–Kier alpha value is 0.210. The van der Waals surface area contributed by atoms with Gasteiger partial charge in [0.25, 0.3) is 0 Å². The molecule has 2 atom stereocenters. The summed E-state index contributed by atoms with van der Waals surface area (Å²) >= 11 is 0. The molecule has 1 saturated heterocycles. The lowest BCUT2D eigenvalue weighted by atomic mass is 9.87. The van der Waals surface area contributed by atoms with Gasteiger partial charge >= 0.3 is 0 Å². The summed E-state index contributed by atoms with van der Waals surface area (Å²) in [6.45, 7) is 6.03. The molecule has 2 N–H and O–H groups in total. The van der Waals surface area contributed by atoms with Gasteiger partial charge in [-0.25, -0.2) is 0 Å². The lowest BCUT2D eigenvalue weighted by Crippen LogP contribution is -2.30. The molecule has 0 aromatic carbocycles. The van der Waals surface area contributed by atoms with E-state index in [1.807, 2.05) is 0 Å². The maximum atomic E-state index is 5.97. The summed E-state index contributed by atoms with van der Waals surface area (Å²) in [7, 11) is 0. The normalized spacial score (nSPS) is 28.9. The van der Waals surface area contributed by atoms with Crippen LogP contribution in [0.15, 0.2) is 0 Å². The Balaban J connectivity index is 0.00000144. The number of nitrogens with two attached hydrogens (primary N) is 1. The van der Waals surface area contributed by atoms with E-state index in [-0.39, 0.29) is 12.4 Å². The smallest absolute Gasteiger partial charge is 0.00514 e. The topological polar surface area (TPSA) is 29.3 Å². The molecule has 1 aliphatic carbocycles. The first-order chi connectivity index (χ1) is 7.75. The Morgan fingerprint density at radius 3 is 2.47 bits per heavy atom. The standard InChI is InChI=1S/C14H28N2.ClH/c1-12(15)14-8-10-16(11-14)9-7-13-5-3-2-4-6-13;/h12-14H,2-11,15H2,1H3;1H. The fourth-order valence-corrected chi connectivity index (χ4v) is 3.34. The van der Waals surface area contributed by atoms with Crippen LogP contribution in [-0.4, -0.2) is 30.6 Å². The van der Waals surface area contributed by atoms with Crippen molar-refractivity contribution in [2.45, 2.75) is 57.9 Å². The third kappa shape index (κ3) is 4.76. The van der Waals surface area contributed by atoms with E-state index in [1.54, 1.807) is 0 Å². The number of hydrogen-bond acceptors (Lipinski definition) is 2. The first kappa shape index (κ1) is 15.3. The molecule has 0 spiro atoms. The van der Waals surface area contributed by atoms with E-state index in [0.29, 0.717) is 6.04 Å². The predicted octanol–water partition coefficient (Wildman–Crippen LogP) is 3.05. The van der Waals surface area contributed by atoms with Crippen molar-refractivity contribution in [3.8, 4) is 0 Å². The third-order valence-electron chi connectivity index (χ3n) is 4.63. The van der Waals surface area contributed by atoms with Crippen LogP contribution in [0.2, 0.25) is 0 Å². The molecule has 1 heterocycles. The van der Waals surface area contributed by atoms with Crippen LogP contribution in [0.5, 0.6) is 0 Å². The number of rotatable bonds is 4. The first-order valence-corrected chi connectivity index (χ1v) is 7.23. The van der Waals surface area contributed by atoms with Gasteiger partial charge in [0.1, 0.15) is 0 Å². The molecule has 1 saturated carbocycles. The zero-order valence-electron chi connectivity index (χ0n) is 11.2. The second kappa shape index (κ2) is 7.60. The van der Waals surface area contributed by atoms with E-state index in [4.69, 9.17) is 5.73 Å². The van der Waals surface area contributed by atoms with E-state index in [9.17, 15) is 0 Å². The fraction of sp³-hybridized carbons (Fsp3) is 1.00. The Kier molecular flexibility index (Phi) is 6.83. The van der Waals surface area contributed by atoms with Crippen LogP contribution in [0, 0.1) is 11.8 Å². The van der Waals surface area contributed by atoms with Gasteiger partial charge in [-0.1, -0.05) is 32.1 Å². The molecule has 17 heavy (non-hydrogen) atoms. The summed E-state index contributed by atoms with van der Waals surface area (Å²) in [6, 6.07) is 0.389. The molecule has 2 aliphatic rings. The van der Waals surface area contributed by atoms with E-state index in [0.717, 1.165) is 11.8 Å². The molecule has 0 bridgehead atoms. The lowest BCUT2D eigenvalue weighted by molar-refractivity contribution is 0.257. The summed E-state index contributed by atoms with van der Waals surface area (Å²) < 4.78 is 0. The molecule has 1 aliphatic heterocycles. The molecule has 2 unspecified atom stereocenters. The zero-order chi connectivity index (χ0) is 11.4. The van der Waals surface area contributed by atoms with Crippen LogP contribution in [0.25, 0.3) is 0 Å². The predicted molar refractivity (Wildman–Crippen MR) is 76.6 cm³/mol. The van der Waals surface area contributed by atoms with Crippen molar-refractivity contribution in [1.82, 2.24) is 4.90 Å². The average molecular weight is 261 g/mol. The van der Waals surface area contributed by atoms with Crippen molar-refractivity contribution in [2.24, 2.45) is 17.6 Å². The van der Waals surface area contributed by atoms with Crippen molar-refractivity contribution in [1.29, 1.82) is 0 Å². The summed E-state index contributed by atoms with van der Waals surface area (Å²) in [5.74, 6) is 1.79. The average Bonchev–Trinajstić information content (AvgIpc) is 2.76. The van der Waals surface area contributed by atoms with Gasteiger partial charge in [0, 0.05) is 12.6 Å². The van der Waals surface area contributed by atoms with Crippen molar-refractivity contribution in [3.05, 3.63) is 0 Å². The third-order valence-corrected chi connectivity index (χ3v) is 4.63. The zero-order valence-corrected chi connectivity index (χ0v) is 12.1. The summed E-state index contributed by atoms with van der Waals surface area (Å²) in [5, 5.41) is 0. The van der Waals surface area contributed by atoms with Crippen LogP contribution in [0.3, 0.4) is 0 Å². The van der Waals surface area contributed by atoms with E-state index < -0.39 is 0 Å². The highest BCUT2D eigenvalue weighted by Gasteiger charge is 2.25. The van der Waals surface area contributed by atoms with Gasteiger partial charge in [-0.05, 0) is 44.7 Å². The van der Waals surface area contributed by atoms with Crippen LogP contribution >= 0.6 is 12.4 Å². The van der Waals surface area contributed by atoms with Gasteiger partial charge in [-0.2, -0.15) is 0 Å². The Labute approximate surface area is 113 Å². The van der Waals surface area contributed by atoms with E-state index in [2.05, 4.69) is 11.8 Å². The minimum Gasteiger partial charge on any atom is -0.328 e. The SMILES string of the molecule is CC(N)C1CCN(CCC2CCCCC2)C1.Cl. The Morgan fingerprint density at radius 1 is 1.18 bits per heavy atom. The highest BCUT2D eigenvalue weighted by Crippen LogP contribution is 2.27. The monoisotopic (exact) mass is 260 g/mol. The minimum absolute atomic E-state index is 0. The molecule has 0 amide bonds. The molecule has 0 aromatic heterocycles. The molecular formula is C14H29ClN2. The van der Waals surface area contributed by atoms with Crippen LogP contribution in [-0.2, 0) is 0 Å². The van der Waals surface area contributed by atoms with Crippen LogP contribution in [0.1, 0.15) is 51.9 Å². The highest BCUT2D eigenvalue weighted by atomic mass is 35.5. The second-order valence-corrected chi connectivity index (χ2v) is 6.00. The van der Waals surface area contributed by atoms with Crippen molar-refractivity contribution in [3.63, 3.8) is 0 Å². The van der Waals surface area contributed by atoms with Gasteiger partial charge < -0.3 is 10.6 Å². The molecule has 2 fully saturated rings. The van der Waals surface area contributed by atoms with E-state index >= 15 is 0 Å². The second-order valence-electron chi connectivity index (χ2n) is 6.00. The number of halogens is 1. The largest absolute Gasteiger partial charge is 0.328 e. The fourth-order valence-electron chi connectivity index (χ4n) is 3.34. The molecule has 0 radical (unpaired) electrons. The van der Waals surface area contributed by atoms with Gasteiger partial charge in [-0.3, -0.25) is 0 Å². The lowest BCUT2D eigenvalue weighted by Gasteiger charge is -2.24. The Morgan fingerprint density at radius 2 is 1.88 bits per heavy atom. The number of nitrogens with zero attached hydrogens (tertiary/aromatic N) is 1. The minimum atomic E-state index is 0. The van der Waals surface area contributed by atoms with Crippen molar-refractivity contribution in [2.75, 3.05) is 19.6 Å². The molecule has 102 valence electrons. The van der Waals surface area contributed by atoms with Gasteiger partial charge in [0.2, 0.25) is 0 Å². The summed E-state index contributed by atoms with van der Waals surface area (Å²) in [4.78, 5) is 2.64. The summed E-state index contributed by atoms with van der Waals surface area (Å²) in [6.07, 6.45) is 10.2. The van der Waals surface area contributed by atoms with Crippen molar-refractivity contribution < 1.29 is 0 Å². The van der Waals surface area contributed by atoms with E-state index in [1.165, 1.54) is 64.6 Å². The highest BCUT2D eigenvalue weighted by molar-refractivity contribution is 5.85. The maximum Gasteiger partial charge on any atom is 0.00514 e. The molecule has 2 nitrogen and oxygen atoms in total. The van der Waals surface area contributed by atoms with Crippen LogP contribution < -0.4 is 5.73 Å². The molecular weight excluding hydrogens is 232 g/mol. The molecule has 0 aromatic rings. The number of hydrogen-bond donors (Lipinski definition) is 1. The van der Waals surface area contributed by atoms with Crippen LogP contribution in [0.4, 0.5) is 0 Å². The van der Waals surface area contributed by atoms with Crippen molar-refractivity contribution >= 4 is 12.4 Å². The molecule has 3 heteroatoms. The quantitative estimate of drug-likeness (QED) is 0.842. The number of likely N-dealkylation sites (tertiary alicyclic amines) is 1. The van der Waals surface area contributed by atoms with Gasteiger partial charge in [0.05, 0.1) is 0 Å².